The van der Waals surface area contributed by atoms with Crippen LogP contribution < -0.4 is 25.8 Å². The van der Waals surface area contributed by atoms with Crippen molar-refractivity contribution in [1.82, 2.24) is 15.5 Å². The summed E-state index contributed by atoms with van der Waals surface area (Å²) in [5.74, 6) is -0.0816. The van der Waals surface area contributed by atoms with Crippen molar-refractivity contribution in [2.24, 2.45) is 5.73 Å². The molecule has 36 heavy (non-hydrogen) atoms. The summed E-state index contributed by atoms with van der Waals surface area (Å²) in [6.45, 7) is 0.104. The van der Waals surface area contributed by atoms with Crippen molar-refractivity contribution in [1.29, 1.82) is 0 Å². The summed E-state index contributed by atoms with van der Waals surface area (Å²) >= 11 is 6.06. The molecule has 2 unspecified atom stereocenters. The molecule has 192 valence electrons. The van der Waals surface area contributed by atoms with Crippen LogP contribution in [0.5, 0.6) is 11.5 Å². The van der Waals surface area contributed by atoms with E-state index in [1.54, 1.807) is 24.3 Å². The van der Waals surface area contributed by atoms with Crippen LogP contribution in [0.25, 0.3) is 0 Å². The van der Waals surface area contributed by atoms with Crippen LogP contribution in [0.3, 0.4) is 0 Å². The monoisotopic (exact) mass is 518 g/mol. The van der Waals surface area contributed by atoms with Gasteiger partial charge in [-0.1, -0.05) is 11.6 Å². The van der Waals surface area contributed by atoms with E-state index in [1.165, 1.54) is 18.2 Å². The zero-order valence-corrected chi connectivity index (χ0v) is 20.3. The largest absolute Gasteiger partial charge is 0.490 e. The van der Waals surface area contributed by atoms with E-state index in [0.717, 1.165) is 12.8 Å². The Hall–Kier alpha value is -3.53. The number of piperidine rings is 1. The Kier molecular flexibility index (Phi) is 8.14. The van der Waals surface area contributed by atoms with E-state index < -0.39 is 11.9 Å². The van der Waals surface area contributed by atoms with E-state index in [1.807, 2.05) is 4.90 Å². The molecule has 0 saturated carbocycles. The van der Waals surface area contributed by atoms with Crippen molar-refractivity contribution in [2.75, 3.05) is 19.7 Å². The maximum atomic E-state index is 13.2. The predicted molar refractivity (Wildman–Crippen MR) is 131 cm³/mol. The molecule has 2 fully saturated rings. The van der Waals surface area contributed by atoms with Gasteiger partial charge < -0.3 is 30.7 Å². The molecule has 11 heteroatoms. The second-order valence-electron chi connectivity index (χ2n) is 8.83. The molecule has 2 atom stereocenters. The summed E-state index contributed by atoms with van der Waals surface area (Å²) in [5, 5.41) is 5.37. The number of carbonyl (C=O) groups excluding carboxylic acids is 3. The van der Waals surface area contributed by atoms with Crippen molar-refractivity contribution < 1.29 is 28.2 Å². The number of hydrogen-bond acceptors (Lipinski definition) is 5. The Morgan fingerprint density at radius 3 is 2.36 bits per heavy atom. The van der Waals surface area contributed by atoms with Crippen LogP contribution in [0.15, 0.2) is 42.5 Å². The predicted octanol–water partition coefficient (Wildman–Crippen LogP) is 2.86. The summed E-state index contributed by atoms with van der Waals surface area (Å²) in [6, 6.07) is 9.92. The molecule has 9 nitrogen and oxygen atoms in total. The first-order chi connectivity index (χ1) is 17.3. The number of amides is 4. The smallest absolute Gasteiger partial charge is 0.312 e. The molecule has 4 rings (SSSR count). The number of nitrogens with zero attached hydrogens (tertiary/aromatic N) is 1. The quantitative estimate of drug-likeness (QED) is 0.440. The van der Waals surface area contributed by atoms with Crippen LogP contribution >= 0.6 is 11.6 Å². The molecule has 4 N–H and O–H groups in total. The Labute approximate surface area is 213 Å². The molecule has 0 spiro atoms. The molecule has 2 aliphatic rings. The van der Waals surface area contributed by atoms with Gasteiger partial charge in [-0.25, -0.2) is 9.18 Å². The van der Waals surface area contributed by atoms with Gasteiger partial charge in [-0.15, -0.1) is 0 Å². The lowest BCUT2D eigenvalue weighted by Crippen LogP contribution is -2.50. The van der Waals surface area contributed by atoms with Crippen molar-refractivity contribution in [3.05, 3.63) is 58.9 Å². The highest BCUT2D eigenvalue weighted by molar-refractivity contribution is 6.31. The molecular weight excluding hydrogens is 491 g/mol. The number of ether oxygens (including phenoxy) is 2. The minimum atomic E-state index is -0.686. The molecular formula is C25H28ClFN4O5. The van der Waals surface area contributed by atoms with Gasteiger partial charge in [-0.2, -0.15) is 0 Å². The zero-order valence-electron chi connectivity index (χ0n) is 19.5. The van der Waals surface area contributed by atoms with Crippen LogP contribution in [-0.2, 0) is 4.79 Å². The van der Waals surface area contributed by atoms with E-state index in [0.29, 0.717) is 23.6 Å². The highest BCUT2D eigenvalue weighted by Crippen LogP contribution is 2.37. The van der Waals surface area contributed by atoms with Gasteiger partial charge in [0, 0.05) is 43.0 Å². The molecule has 0 radical (unpaired) electrons. The lowest BCUT2D eigenvalue weighted by Gasteiger charge is -2.38. The van der Waals surface area contributed by atoms with Gasteiger partial charge in [0.1, 0.15) is 23.4 Å². The first-order valence-corrected chi connectivity index (χ1v) is 12.1. The molecule has 0 aromatic heterocycles. The fourth-order valence-electron chi connectivity index (χ4n) is 4.81. The highest BCUT2D eigenvalue weighted by Gasteiger charge is 2.44. The van der Waals surface area contributed by atoms with Gasteiger partial charge >= 0.3 is 6.03 Å². The molecule has 0 aliphatic carbocycles. The van der Waals surface area contributed by atoms with Gasteiger partial charge in [-0.05, 0) is 55.3 Å². The first kappa shape index (κ1) is 25.6. The SMILES string of the molecule is NC(=O)NCCNC(=O)c1cc(Cl)ccc1OCC(=O)N1C2CCC1CC(Oc1ccc(F)cc1)C2. The van der Waals surface area contributed by atoms with Crippen LogP contribution in [0.4, 0.5) is 9.18 Å². The molecule has 2 bridgehead atoms. The zero-order chi connectivity index (χ0) is 25.7. The van der Waals surface area contributed by atoms with Crippen LogP contribution in [0, 0.1) is 5.82 Å². The van der Waals surface area contributed by atoms with Crippen molar-refractivity contribution in [2.45, 2.75) is 43.9 Å². The summed E-state index contributed by atoms with van der Waals surface area (Å²) in [7, 11) is 0. The molecule has 2 aliphatic heterocycles. The summed E-state index contributed by atoms with van der Waals surface area (Å²) in [6.07, 6.45) is 3.09. The average Bonchev–Trinajstić information content (AvgIpc) is 3.12. The molecule has 2 heterocycles. The first-order valence-electron chi connectivity index (χ1n) is 11.8. The Balaban J connectivity index is 1.33. The molecule has 2 saturated heterocycles. The fourth-order valence-corrected chi connectivity index (χ4v) is 4.98. The van der Waals surface area contributed by atoms with Crippen LogP contribution in [0.1, 0.15) is 36.0 Å². The normalized spacial score (nSPS) is 20.5. The average molecular weight is 519 g/mol. The fraction of sp³-hybridized carbons (Fsp3) is 0.400. The number of nitrogens with one attached hydrogen (secondary N) is 2. The van der Waals surface area contributed by atoms with Gasteiger partial charge in [-0.3, -0.25) is 9.59 Å². The number of fused-ring (bicyclic) bond motifs is 2. The van der Waals surface area contributed by atoms with Gasteiger partial charge in [0.05, 0.1) is 5.56 Å². The third kappa shape index (κ3) is 6.37. The summed E-state index contributed by atoms with van der Waals surface area (Å²) in [5.41, 5.74) is 5.19. The van der Waals surface area contributed by atoms with Crippen LogP contribution in [0.2, 0.25) is 5.02 Å². The topological polar surface area (TPSA) is 123 Å². The van der Waals surface area contributed by atoms with E-state index in [-0.39, 0.29) is 60.9 Å². The van der Waals surface area contributed by atoms with E-state index in [4.69, 9.17) is 26.8 Å². The van der Waals surface area contributed by atoms with E-state index >= 15 is 0 Å². The van der Waals surface area contributed by atoms with Gasteiger partial charge in [0.2, 0.25) is 0 Å². The summed E-state index contributed by atoms with van der Waals surface area (Å²) < 4.78 is 25.0. The molecule has 4 amide bonds. The molecule has 2 aromatic rings. The van der Waals surface area contributed by atoms with E-state index in [9.17, 15) is 18.8 Å². The number of rotatable bonds is 9. The highest BCUT2D eigenvalue weighted by atomic mass is 35.5. The maximum absolute atomic E-state index is 13.2. The number of nitrogens with two attached hydrogens (primary N) is 1. The Morgan fingerprint density at radius 2 is 1.69 bits per heavy atom. The Morgan fingerprint density at radius 1 is 1.03 bits per heavy atom. The maximum Gasteiger partial charge on any atom is 0.312 e. The summed E-state index contributed by atoms with van der Waals surface area (Å²) in [4.78, 5) is 38.3. The third-order valence-corrected chi connectivity index (χ3v) is 6.58. The standard InChI is InChI=1S/C25H28ClFN4O5/c26-15-1-8-22(21(11-15)24(33)29-9-10-30-25(28)34)35-14-23(32)31-17-4-5-18(31)13-20(12-17)36-19-6-2-16(27)3-7-19/h1-3,6-8,11,17-18,20H,4-5,9-10,12-14H2,(H,29,33)(H3,28,30,34). The minimum Gasteiger partial charge on any atom is -0.490 e. The number of primary amides is 1. The van der Waals surface area contributed by atoms with Gasteiger partial charge in [0.25, 0.3) is 11.8 Å². The van der Waals surface area contributed by atoms with Crippen molar-refractivity contribution in [3.8, 4) is 11.5 Å². The number of benzene rings is 2. The second-order valence-corrected chi connectivity index (χ2v) is 9.26. The number of hydrogen-bond donors (Lipinski definition) is 3. The van der Waals surface area contributed by atoms with E-state index in [2.05, 4.69) is 10.6 Å². The number of carbonyl (C=O) groups is 3. The Bertz CT molecular complexity index is 1100. The minimum absolute atomic E-state index is 0.0380. The number of halogens is 2. The number of urea groups is 1. The lowest BCUT2D eigenvalue weighted by molar-refractivity contribution is -0.139. The molecule has 2 aromatic carbocycles. The van der Waals surface area contributed by atoms with Crippen molar-refractivity contribution in [3.63, 3.8) is 0 Å². The van der Waals surface area contributed by atoms with Crippen LogP contribution in [-0.4, -0.2) is 60.6 Å². The van der Waals surface area contributed by atoms with Gasteiger partial charge in [0.15, 0.2) is 6.61 Å². The van der Waals surface area contributed by atoms with Crippen molar-refractivity contribution >= 4 is 29.4 Å². The lowest BCUT2D eigenvalue weighted by atomic mass is 9.99. The third-order valence-electron chi connectivity index (χ3n) is 6.34. The second kappa shape index (κ2) is 11.5.